The van der Waals surface area contributed by atoms with E-state index in [-0.39, 0.29) is 6.03 Å². The van der Waals surface area contributed by atoms with Gasteiger partial charge in [-0.05, 0) is 30.7 Å². The number of aryl methyl sites for hydroxylation is 1. The Balaban J connectivity index is 1.86. The van der Waals surface area contributed by atoms with E-state index in [1.165, 1.54) is 0 Å². The van der Waals surface area contributed by atoms with Crippen LogP contribution in [0.3, 0.4) is 0 Å². The monoisotopic (exact) mass is 361 g/mol. The summed E-state index contributed by atoms with van der Waals surface area (Å²) in [7, 11) is 1.92. The zero-order chi connectivity index (χ0) is 18.8. The van der Waals surface area contributed by atoms with Gasteiger partial charge >= 0.3 is 6.03 Å². The van der Waals surface area contributed by atoms with Gasteiger partial charge in [-0.1, -0.05) is 6.07 Å². The number of hydrogen-bond donors (Lipinski definition) is 3. The Kier molecular flexibility index (Phi) is 4.29. The van der Waals surface area contributed by atoms with Crippen molar-refractivity contribution in [3.63, 3.8) is 0 Å². The molecule has 3 N–H and O–H groups in total. The Hall–Kier alpha value is -3.68. The van der Waals surface area contributed by atoms with Gasteiger partial charge in [0.25, 0.3) is 0 Å². The summed E-state index contributed by atoms with van der Waals surface area (Å²) in [4.78, 5) is 28.2. The number of anilines is 1. The first-order valence-corrected chi connectivity index (χ1v) is 8.61. The molecule has 136 valence electrons. The number of urea groups is 1. The second kappa shape index (κ2) is 6.91. The molecule has 8 nitrogen and oxygen atoms in total. The van der Waals surface area contributed by atoms with Crippen molar-refractivity contribution in [3.05, 3.63) is 49.2 Å². The Bertz CT molecular complexity index is 1100. The van der Waals surface area contributed by atoms with E-state index < -0.39 is 0 Å². The Morgan fingerprint density at radius 1 is 1.30 bits per heavy atom. The van der Waals surface area contributed by atoms with E-state index in [0.29, 0.717) is 12.5 Å². The maximum Gasteiger partial charge on any atom is 0.321 e. The highest BCUT2D eigenvalue weighted by Crippen LogP contribution is 2.32. The van der Waals surface area contributed by atoms with E-state index >= 15 is 0 Å². The molecule has 0 aliphatic rings. The quantitative estimate of drug-likeness (QED) is 0.520. The van der Waals surface area contributed by atoms with Gasteiger partial charge in [-0.25, -0.2) is 14.8 Å². The third kappa shape index (κ3) is 3.37. The maximum absolute atomic E-state index is 11.8. The minimum absolute atomic E-state index is 0.302. The van der Waals surface area contributed by atoms with Gasteiger partial charge in [-0.15, -0.1) is 0 Å². The summed E-state index contributed by atoms with van der Waals surface area (Å²) >= 11 is 0. The van der Waals surface area contributed by atoms with Gasteiger partial charge in [0, 0.05) is 43.3 Å². The molecule has 2 amide bonds. The van der Waals surface area contributed by atoms with Crippen LogP contribution in [0.2, 0.25) is 0 Å². The van der Waals surface area contributed by atoms with Crippen LogP contribution in [0.5, 0.6) is 0 Å². The second-order valence-corrected chi connectivity index (χ2v) is 6.16. The van der Waals surface area contributed by atoms with Crippen molar-refractivity contribution in [3.8, 4) is 22.4 Å². The van der Waals surface area contributed by atoms with Crippen LogP contribution in [-0.2, 0) is 7.05 Å². The molecule has 4 rings (SSSR count). The third-order valence-electron chi connectivity index (χ3n) is 4.13. The number of imidazole rings is 2. The molecule has 0 saturated carbocycles. The molecule has 0 aliphatic heterocycles. The Labute approximate surface area is 155 Å². The molecule has 0 atom stereocenters. The summed E-state index contributed by atoms with van der Waals surface area (Å²) in [5, 5.41) is 5.41. The number of nitrogens with zero attached hydrogens (tertiary/aromatic N) is 4. The number of H-pyrrole nitrogens is 1. The smallest absolute Gasteiger partial charge is 0.321 e. The molecule has 8 heteroatoms. The number of nitrogens with one attached hydrogen (secondary N) is 3. The van der Waals surface area contributed by atoms with E-state index in [9.17, 15) is 4.79 Å². The number of fused-ring (bicyclic) bond motifs is 1. The van der Waals surface area contributed by atoms with Gasteiger partial charge in [0.1, 0.15) is 5.52 Å². The van der Waals surface area contributed by atoms with Crippen LogP contribution < -0.4 is 10.6 Å². The molecule has 0 aliphatic carbocycles. The second-order valence-electron chi connectivity index (χ2n) is 6.16. The summed E-state index contributed by atoms with van der Waals surface area (Å²) in [6.45, 7) is 2.40. The highest BCUT2D eigenvalue weighted by Gasteiger charge is 2.15. The van der Waals surface area contributed by atoms with Crippen LogP contribution in [0.4, 0.5) is 10.7 Å². The van der Waals surface area contributed by atoms with Crippen molar-refractivity contribution in [2.75, 3.05) is 11.9 Å². The lowest BCUT2D eigenvalue weighted by Gasteiger charge is -2.05. The largest absolute Gasteiger partial charge is 0.340 e. The molecule has 0 saturated heterocycles. The van der Waals surface area contributed by atoms with Crippen molar-refractivity contribution in [2.45, 2.75) is 6.92 Å². The number of benzene rings is 1. The Morgan fingerprint density at radius 2 is 2.19 bits per heavy atom. The summed E-state index contributed by atoms with van der Waals surface area (Å²) in [6, 6.07) is 7.63. The van der Waals surface area contributed by atoms with Gasteiger partial charge in [-0.3, -0.25) is 10.3 Å². The number of pyridine rings is 1. The molecule has 0 radical (unpaired) electrons. The fourth-order valence-corrected chi connectivity index (χ4v) is 2.94. The van der Waals surface area contributed by atoms with Crippen LogP contribution in [0.15, 0.2) is 49.2 Å². The fourth-order valence-electron chi connectivity index (χ4n) is 2.94. The number of rotatable bonds is 4. The molecule has 4 aromatic rings. The minimum atomic E-state index is -0.302. The van der Waals surface area contributed by atoms with Crippen molar-refractivity contribution < 1.29 is 4.79 Å². The van der Waals surface area contributed by atoms with Crippen molar-refractivity contribution in [2.24, 2.45) is 7.05 Å². The van der Waals surface area contributed by atoms with E-state index in [2.05, 4.69) is 30.6 Å². The molecule has 0 fully saturated rings. The van der Waals surface area contributed by atoms with E-state index in [1.54, 1.807) is 12.5 Å². The van der Waals surface area contributed by atoms with E-state index in [1.807, 2.05) is 55.2 Å². The topological polar surface area (TPSA) is 101 Å². The lowest BCUT2D eigenvalue weighted by molar-refractivity contribution is 0.252. The van der Waals surface area contributed by atoms with Crippen LogP contribution >= 0.6 is 0 Å². The summed E-state index contributed by atoms with van der Waals surface area (Å²) in [5.74, 6) is 0.386. The van der Waals surface area contributed by atoms with Crippen molar-refractivity contribution >= 4 is 23.0 Å². The molecule has 27 heavy (non-hydrogen) atoms. The summed E-state index contributed by atoms with van der Waals surface area (Å²) in [6.07, 6.45) is 7.24. The molecule has 0 unspecified atom stereocenters. The molecule has 0 bridgehead atoms. The van der Waals surface area contributed by atoms with Gasteiger partial charge in [0.05, 0.1) is 17.5 Å². The van der Waals surface area contributed by atoms with Crippen LogP contribution in [0.25, 0.3) is 33.4 Å². The van der Waals surface area contributed by atoms with Gasteiger partial charge in [0.15, 0.2) is 0 Å². The van der Waals surface area contributed by atoms with Gasteiger partial charge < -0.3 is 14.9 Å². The predicted molar refractivity (Wildman–Crippen MR) is 104 cm³/mol. The van der Waals surface area contributed by atoms with Gasteiger partial charge in [0.2, 0.25) is 5.95 Å². The minimum Gasteiger partial charge on any atom is -0.340 e. The first-order valence-electron chi connectivity index (χ1n) is 8.61. The molecular formula is C19H19N7O. The van der Waals surface area contributed by atoms with E-state index in [0.717, 1.165) is 33.4 Å². The molecule has 3 aromatic heterocycles. The fraction of sp³-hybridized carbons (Fsp3) is 0.158. The van der Waals surface area contributed by atoms with E-state index in [4.69, 9.17) is 0 Å². The summed E-state index contributed by atoms with van der Waals surface area (Å²) in [5.41, 5.74) is 5.22. The SMILES string of the molecule is CCNC(=O)Nc1nc2c(-c3cn(C)cn3)cc(-c3cccnc3)cc2[nH]1. The predicted octanol–water partition coefficient (Wildman–Crippen LogP) is 3.17. The first kappa shape index (κ1) is 16.8. The third-order valence-corrected chi connectivity index (χ3v) is 4.13. The number of amides is 2. The highest BCUT2D eigenvalue weighted by atomic mass is 16.2. The Morgan fingerprint density at radius 3 is 2.89 bits per heavy atom. The number of hydrogen-bond acceptors (Lipinski definition) is 4. The van der Waals surface area contributed by atoms with Crippen LogP contribution in [0.1, 0.15) is 6.92 Å². The average molecular weight is 361 g/mol. The number of aromatic nitrogens is 5. The average Bonchev–Trinajstić information content (AvgIpc) is 3.27. The lowest BCUT2D eigenvalue weighted by atomic mass is 10.0. The van der Waals surface area contributed by atoms with Gasteiger partial charge in [-0.2, -0.15) is 0 Å². The van der Waals surface area contributed by atoms with Crippen LogP contribution in [0, 0.1) is 0 Å². The lowest BCUT2D eigenvalue weighted by Crippen LogP contribution is -2.28. The zero-order valence-electron chi connectivity index (χ0n) is 15.0. The number of carbonyl (C=O) groups is 1. The van der Waals surface area contributed by atoms with Crippen LogP contribution in [-0.4, -0.2) is 37.1 Å². The molecule has 0 spiro atoms. The molecule has 3 heterocycles. The van der Waals surface area contributed by atoms with Crippen molar-refractivity contribution in [1.82, 2.24) is 29.8 Å². The first-order chi connectivity index (χ1) is 13.1. The van der Waals surface area contributed by atoms with Crippen molar-refractivity contribution in [1.29, 1.82) is 0 Å². The number of carbonyl (C=O) groups excluding carboxylic acids is 1. The number of aromatic amines is 1. The zero-order valence-corrected chi connectivity index (χ0v) is 15.0. The molecular weight excluding hydrogens is 342 g/mol. The maximum atomic E-state index is 11.8. The standard InChI is InChI=1S/C19H19N7O/c1-3-21-19(27)25-18-23-15-8-13(12-5-4-6-20-9-12)7-14(17(15)24-18)16-10-26(2)11-22-16/h4-11H,3H2,1-2H3,(H3,21,23,24,25,27). The molecule has 1 aromatic carbocycles. The summed E-state index contributed by atoms with van der Waals surface area (Å²) < 4.78 is 1.89. The highest BCUT2D eigenvalue weighted by molar-refractivity contribution is 5.97. The normalized spacial score (nSPS) is 10.9.